The molecule has 7 aromatic carbocycles. The number of benzene rings is 7. The Morgan fingerprint density at radius 1 is 0.597 bits per heavy atom. The number of phenols is 1. The van der Waals surface area contributed by atoms with Gasteiger partial charge in [0.15, 0.2) is 0 Å². The third-order valence-electron chi connectivity index (χ3n) is 12.9. The van der Waals surface area contributed by atoms with Crippen LogP contribution < -0.4 is 0 Å². The van der Waals surface area contributed by atoms with E-state index in [9.17, 15) is 6.48 Å². The average molecular weight is 1060 g/mol. The van der Waals surface area contributed by atoms with Crippen LogP contribution in [0.15, 0.2) is 158 Å². The van der Waals surface area contributed by atoms with Gasteiger partial charge in [-0.25, -0.2) is 4.98 Å². The second-order valence-corrected chi connectivity index (χ2v) is 19.6. The molecular formula is C62H60N3OPt-. The average Bonchev–Trinajstić information content (AvgIpc) is 3.70. The second kappa shape index (κ2) is 19.1. The molecule has 0 saturated carbocycles. The molecule has 0 aliphatic carbocycles. The van der Waals surface area contributed by atoms with Gasteiger partial charge < -0.3 is 5.11 Å². The molecule has 0 aliphatic heterocycles. The molecule has 4 nitrogen and oxygen atoms in total. The molecule has 1 N–H and O–H groups in total. The quantitative estimate of drug-likeness (QED) is 0.139. The van der Waals surface area contributed by atoms with Crippen molar-refractivity contribution in [2.75, 3.05) is 0 Å². The zero-order chi connectivity index (χ0) is 47.4. The maximum Gasteiger partial charge on any atom is 0.148 e. The molecule has 9 rings (SSSR count). The molecule has 0 aliphatic rings. The fraction of sp³-hybridized carbons (Fsp3) is 0.226. The molecule has 0 spiro atoms. The Labute approximate surface area is 413 Å². The Kier molecular flexibility index (Phi) is 13.1. The van der Waals surface area contributed by atoms with E-state index in [2.05, 4.69) is 206 Å². The maximum atomic E-state index is 12.5. The van der Waals surface area contributed by atoms with Crippen molar-refractivity contribution in [3.8, 4) is 78.6 Å². The van der Waals surface area contributed by atoms with Gasteiger partial charge in [-0.05, 0) is 105 Å². The van der Waals surface area contributed by atoms with Crippen molar-refractivity contribution in [3.05, 3.63) is 192 Å². The number of fused-ring (bicyclic) bond motifs is 1. The number of nitrogens with zero attached hydrogens (tertiary/aromatic N) is 3. The summed E-state index contributed by atoms with van der Waals surface area (Å²) in [6, 6.07) is 57.1. The zero-order valence-corrected chi connectivity index (χ0v) is 42.5. The molecule has 0 unspecified atom stereocenters. The first-order valence-corrected chi connectivity index (χ1v) is 23.3. The van der Waals surface area contributed by atoms with Crippen LogP contribution in [0.4, 0.5) is 0 Å². The minimum Gasteiger partial charge on any atom is -0.507 e. The zero-order valence-electron chi connectivity index (χ0n) is 41.3. The third kappa shape index (κ3) is 9.34. The number of pyridine rings is 1. The molecule has 9 aromatic rings. The van der Waals surface area contributed by atoms with E-state index in [0.29, 0.717) is 11.4 Å². The number of aromatic nitrogens is 3. The second-order valence-electron chi connectivity index (χ2n) is 19.6. The molecule has 340 valence electrons. The summed E-state index contributed by atoms with van der Waals surface area (Å²) >= 11 is 0. The number of hydrogen-bond acceptors (Lipinski definition) is 3. The Morgan fingerprint density at radius 2 is 1.25 bits per heavy atom. The summed E-state index contributed by atoms with van der Waals surface area (Å²) < 4.78 is 11.7. The van der Waals surface area contributed by atoms with Crippen molar-refractivity contribution >= 4 is 11.0 Å². The number of hydrogen-bond donors (Lipinski definition) is 1. The number of para-hydroxylation sites is 1. The number of rotatable bonds is 10. The summed E-state index contributed by atoms with van der Waals surface area (Å²) in [6.07, 6.45) is 1.89. The molecule has 0 radical (unpaired) electrons. The molecule has 5 heteroatoms. The van der Waals surface area contributed by atoms with Crippen LogP contribution in [-0.2, 0) is 26.5 Å². The largest absolute Gasteiger partial charge is 0.507 e. The van der Waals surface area contributed by atoms with Crippen LogP contribution in [0.3, 0.4) is 0 Å². The molecule has 0 atom stereocenters. The number of aromatic hydroxyl groups is 1. The molecule has 67 heavy (non-hydrogen) atoms. The van der Waals surface area contributed by atoms with Gasteiger partial charge >= 0.3 is 0 Å². The first-order valence-electron chi connectivity index (χ1n) is 23.8. The molecule has 0 amide bonds. The number of aryl methyl sites for hydroxylation is 1. The molecule has 0 fully saturated rings. The molecule has 0 bridgehead atoms. The van der Waals surface area contributed by atoms with E-state index in [0.717, 1.165) is 94.7 Å². The van der Waals surface area contributed by atoms with E-state index < -0.39 is 5.89 Å². The van der Waals surface area contributed by atoms with E-state index >= 15 is 0 Å². The Bertz CT molecular complexity index is 3270. The first kappa shape index (κ1) is 45.8. The topological polar surface area (TPSA) is 50.9 Å². The van der Waals surface area contributed by atoms with E-state index in [1.807, 2.05) is 32.2 Å². The standard InChI is InChI=1S/C62H60N3O.Pt/c1-38(2)46-33-52(40(5)6)60(66)55(34-46)61-64-59-50(47-30-48(32-49(31-47)62(8,9)10)56-35-45(28-29-63-56)42-26-24-41(7)25-27-42)22-17-23-57(59)65(61)58-37-53(43-18-13-11-14-19-43)51(39(3)4)36-54(58)44-20-15-12-16-21-44;/h11-29,31-40,66H,1-10H3;/q-1;/i39D;. The fourth-order valence-electron chi connectivity index (χ4n) is 9.05. The molecule has 0 saturated heterocycles. The SMILES string of the molecule is [2H]C(C)(C)c1cc(-c2ccccc2)c(-n2c(-c3cc(C(C)C)cc(C(C)C)c3O)nc3c(-c4[c-]c(-c5cc(-c6ccc(C)cc6)ccn5)cc(C(C)(C)C)c4)cccc32)cc1-c1ccccc1.[Pt]. The minimum absolute atomic E-state index is 0. The van der Waals surface area contributed by atoms with Gasteiger partial charge in [0.1, 0.15) is 11.6 Å². The van der Waals surface area contributed by atoms with Crippen LogP contribution in [0.25, 0.3) is 83.9 Å². The molecule has 2 heterocycles. The summed E-state index contributed by atoms with van der Waals surface area (Å²) in [5.41, 5.74) is 18.2. The van der Waals surface area contributed by atoms with Gasteiger partial charge in [0.05, 0.1) is 22.3 Å². The van der Waals surface area contributed by atoms with Gasteiger partial charge in [0.25, 0.3) is 0 Å². The van der Waals surface area contributed by atoms with Crippen LogP contribution >= 0.6 is 0 Å². The van der Waals surface area contributed by atoms with Gasteiger partial charge in [0, 0.05) is 39.9 Å². The van der Waals surface area contributed by atoms with Crippen LogP contribution in [0.1, 0.15) is 109 Å². The summed E-state index contributed by atoms with van der Waals surface area (Å²) in [4.78, 5) is 10.6. The molecular weight excluding hydrogens is 998 g/mol. The van der Waals surface area contributed by atoms with Gasteiger partial charge in [-0.1, -0.05) is 188 Å². The number of imidazole rings is 1. The van der Waals surface area contributed by atoms with Crippen molar-refractivity contribution < 1.29 is 27.5 Å². The normalized spacial score (nSPS) is 12.1. The van der Waals surface area contributed by atoms with Crippen molar-refractivity contribution in [1.29, 1.82) is 0 Å². The van der Waals surface area contributed by atoms with Gasteiger partial charge in [-0.3, -0.25) is 9.55 Å². The van der Waals surface area contributed by atoms with E-state index in [-0.39, 0.29) is 44.1 Å². The smallest absolute Gasteiger partial charge is 0.148 e. The predicted molar refractivity (Wildman–Crippen MR) is 278 cm³/mol. The minimum atomic E-state index is -0.920. The van der Waals surface area contributed by atoms with Crippen LogP contribution in [0, 0.1) is 13.0 Å². The van der Waals surface area contributed by atoms with E-state index in [4.69, 9.17) is 9.97 Å². The monoisotopic (exact) mass is 1060 g/mol. The van der Waals surface area contributed by atoms with Crippen molar-refractivity contribution in [3.63, 3.8) is 0 Å². The summed E-state index contributed by atoms with van der Waals surface area (Å²) in [6.45, 7) is 21.4. The van der Waals surface area contributed by atoms with E-state index in [1.165, 1.54) is 5.56 Å². The van der Waals surface area contributed by atoms with Crippen molar-refractivity contribution in [2.24, 2.45) is 0 Å². The van der Waals surface area contributed by atoms with Crippen molar-refractivity contribution in [1.82, 2.24) is 14.5 Å². The molecule has 2 aromatic heterocycles. The van der Waals surface area contributed by atoms with Crippen LogP contribution in [-0.4, -0.2) is 19.6 Å². The third-order valence-corrected chi connectivity index (χ3v) is 12.9. The summed E-state index contributed by atoms with van der Waals surface area (Å²) in [5.74, 6) is 0.225. The summed E-state index contributed by atoms with van der Waals surface area (Å²) in [7, 11) is 0. The van der Waals surface area contributed by atoms with Gasteiger partial charge in [0.2, 0.25) is 0 Å². The van der Waals surface area contributed by atoms with Gasteiger partial charge in [-0.2, -0.15) is 0 Å². The predicted octanol–water partition coefficient (Wildman–Crippen LogP) is 16.9. The maximum absolute atomic E-state index is 12.5. The Morgan fingerprint density at radius 3 is 1.88 bits per heavy atom. The Hall–Kier alpha value is -6.35. The fourth-order valence-corrected chi connectivity index (χ4v) is 9.05. The van der Waals surface area contributed by atoms with E-state index in [1.54, 1.807) is 0 Å². The summed E-state index contributed by atoms with van der Waals surface area (Å²) in [5, 5.41) is 12.5. The first-order chi connectivity index (χ1) is 32.0. The van der Waals surface area contributed by atoms with Gasteiger partial charge in [-0.15, -0.1) is 29.3 Å². The van der Waals surface area contributed by atoms with Crippen molar-refractivity contribution in [2.45, 2.75) is 92.4 Å². The Balaban J connectivity index is 0.00000625. The van der Waals surface area contributed by atoms with Crippen LogP contribution in [0.5, 0.6) is 5.75 Å². The number of phenolic OH excluding ortho intramolecular Hbond substituents is 1. The van der Waals surface area contributed by atoms with Crippen LogP contribution in [0.2, 0.25) is 0 Å².